The lowest BCUT2D eigenvalue weighted by Crippen LogP contribution is -2.39. The van der Waals surface area contributed by atoms with E-state index in [2.05, 4.69) is 10.1 Å². The van der Waals surface area contributed by atoms with Gasteiger partial charge in [0.1, 0.15) is 5.75 Å². The number of alkyl halides is 3. The van der Waals surface area contributed by atoms with Gasteiger partial charge in [0.2, 0.25) is 0 Å². The van der Waals surface area contributed by atoms with E-state index in [1.54, 1.807) is 12.1 Å². The molecular formula is C22H25F3N2O4. The van der Waals surface area contributed by atoms with Crippen LogP contribution in [0.5, 0.6) is 5.75 Å². The summed E-state index contributed by atoms with van der Waals surface area (Å²) in [5.74, 6) is -0.661. The normalized spacial score (nSPS) is 12.1. The van der Waals surface area contributed by atoms with E-state index in [9.17, 15) is 22.8 Å². The van der Waals surface area contributed by atoms with Crippen molar-refractivity contribution in [1.82, 2.24) is 5.32 Å². The molecule has 2 rings (SSSR count). The van der Waals surface area contributed by atoms with Crippen LogP contribution in [-0.4, -0.2) is 31.0 Å². The summed E-state index contributed by atoms with van der Waals surface area (Å²) in [6.45, 7) is 2.32. The lowest BCUT2D eigenvalue weighted by Gasteiger charge is -2.16. The Kier molecular flexibility index (Phi) is 8.72. The van der Waals surface area contributed by atoms with Crippen LogP contribution in [0, 0.1) is 0 Å². The lowest BCUT2D eigenvalue weighted by atomic mass is 10.0. The zero-order valence-electron chi connectivity index (χ0n) is 17.1. The monoisotopic (exact) mass is 438 g/mol. The molecule has 3 N–H and O–H groups in total. The van der Waals surface area contributed by atoms with E-state index in [1.165, 1.54) is 12.1 Å². The Morgan fingerprint density at radius 3 is 2.13 bits per heavy atom. The van der Waals surface area contributed by atoms with E-state index in [0.717, 1.165) is 29.5 Å². The fraction of sp³-hybridized carbons (Fsp3) is 0.364. The second-order valence-corrected chi connectivity index (χ2v) is 6.88. The fourth-order valence-corrected chi connectivity index (χ4v) is 2.93. The maximum atomic E-state index is 12.2. The molecule has 0 aromatic heterocycles. The minimum atomic E-state index is -4.72. The number of carbonyl (C=O) groups excluding carboxylic acids is 2. The Bertz CT molecular complexity index is 853. The number of ether oxygens (including phenoxy) is 2. The highest BCUT2D eigenvalue weighted by Crippen LogP contribution is 2.26. The van der Waals surface area contributed by atoms with E-state index in [4.69, 9.17) is 10.5 Å². The molecule has 1 atom stereocenters. The number of primary amides is 1. The summed E-state index contributed by atoms with van der Waals surface area (Å²) >= 11 is 0. The zero-order valence-corrected chi connectivity index (χ0v) is 17.1. The molecular weight excluding hydrogens is 413 g/mol. The van der Waals surface area contributed by atoms with E-state index < -0.39 is 18.6 Å². The highest BCUT2D eigenvalue weighted by Gasteiger charge is 2.31. The number of unbranched alkanes of at least 4 members (excludes halogenated alkanes) is 1. The molecule has 0 fully saturated rings. The van der Waals surface area contributed by atoms with Crippen molar-refractivity contribution in [2.45, 2.75) is 45.1 Å². The van der Waals surface area contributed by atoms with Crippen molar-refractivity contribution in [3.05, 3.63) is 54.1 Å². The van der Waals surface area contributed by atoms with Crippen LogP contribution in [-0.2, 0) is 16.0 Å². The molecule has 2 aromatic rings. The van der Waals surface area contributed by atoms with Crippen molar-refractivity contribution in [2.24, 2.45) is 5.73 Å². The Hall–Kier alpha value is -3.23. The predicted molar refractivity (Wildman–Crippen MR) is 109 cm³/mol. The smallest absolute Gasteiger partial charge is 0.436 e. The second kappa shape index (κ2) is 11.2. The summed E-state index contributed by atoms with van der Waals surface area (Å²) in [4.78, 5) is 23.2. The van der Waals surface area contributed by atoms with Gasteiger partial charge in [-0.25, -0.2) is 4.79 Å². The average Bonchev–Trinajstić information content (AvgIpc) is 2.71. The van der Waals surface area contributed by atoms with E-state index in [1.807, 2.05) is 31.2 Å². The van der Waals surface area contributed by atoms with Gasteiger partial charge >= 0.3 is 12.5 Å². The van der Waals surface area contributed by atoms with Crippen LogP contribution in [0.4, 0.5) is 18.0 Å². The van der Waals surface area contributed by atoms with Crippen LogP contribution in [0.3, 0.4) is 0 Å². The molecule has 0 radical (unpaired) electrons. The van der Waals surface area contributed by atoms with Gasteiger partial charge in [0.15, 0.2) is 6.10 Å². The molecule has 0 unspecified atom stereocenters. The third-order valence-corrected chi connectivity index (χ3v) is 4.46. The number of halogens is 3. The van der Waals surface area contributed by atoms with Crippen LogP contribution in [0.2, 0.25) is 0 Å². The van der Waals surface area contributed by atoms with Gasteiger partial charge in [-0.3, -0.25) is 4.79 Å². The molecule has 2 aromatic carbocycles. The van der Waals surface area contributed by atoms with Gasteiger partial charge in [-0.05, 0) is 48.1 Å². The van der Waals surface area contributed by atoms with Crippen molar-refractivity contribution in [1.29, 1.82) is 0 Å². The third kappa shape index (κ3) is 8.57. The maximum absolute atomic E-state index is 12.2. The highest BCUT2D eigenvalue weighted by atomic mass is 19.4. The first-order chi connectivity index (χ1) is 14.7. The summed E-state index contributed by atoms with van der Waals surface area (Å²) in [5, 5.41) is 2.74. The Morgan fingerprint density at radius 1 is 1.03 bits per heavy atom. The van der Waals surface area contributed by atoms with Gasteiger partial charge in [-0.2, -0.15) is 0 Å². The highest BCUT2D eigenvalue weighted by molar-refractivity contribution is 5.83. The van der Waals surface area contributed by atoms with Crippen LogP contribution >= 0.6 is 0 Å². The molecule has 0 aliphatic heterocycles. The van der Waals surface area contributed by atoms with Crippen molar-refractivity contribution < 1.29 is 32.2 Å². The van der Waals surface area contributed by atoms with Gasteiger partial charge in [0.25, 0.3) is 5.91 Å². The number of rotatable bonds is 10. The molecule has 0 bridgehead atoms. The van der Waals surface area contributed by atoms with Crippen molar-refractivity contribution in [3.63, 3.8) is 0 Å². The first kappa shape index (κ1) is 24.0. The number of hydrogen-bond acceptors (Lipinski definition) is 4. The minimum absolute atomic E-state index is 0.277. The Balaban J connectivity index is 1.88. The predicted octanol–water partition coefficient (Wildman–Crippen LogP) is 4.57. The third-order valence-electron chi connectivity index (χ3n) is 4.46. The number of nitrogens with two attached hydrogens (primary N) is 1. The van der Waals surface area contributed by atoms with Crippen LogP contribution in [0.1, 0.15) is 31.7 Å². The van der Waals surface area contributed by atoms with E-state index in [0.29, 0.717) is 19.4 Å². The average molecular weight is 438 g/mol. The quantitative estimate of drug-likeness (QED) is 0.569. The van der Waals surface area contributed by atoms with Crippen LogP contribution < -0.4 is 15.8 Å². The Labute approximate surface area is 178 Å². The molecule has 31 heavy (non-hydrogen) atoms. The Morgan fingerprint density at radius 2 is 1.61 bits per heavy atom. The first-order valence-corrected chi connectivity index (χ1v) is 9.87. The van der Waals surface area contributed by atoms with Gasteiger partial charge in [0, 0.05) is 6.54 Å². The summed E-state index contributed by atoms with van der Waals surface area (Å²) in [7, 11) is 0. The first-order valence-electron chi connectivity index (χ1n) is 9.87. The molecule has 9 heteroatoms. The number of carbonyl (C=O) groups is 2. The van der Waals surface area contributed by atoms with Crippen LogP contribution in [0.25, 0.3) is 11.1 Å². The topological polar surface area (TPSA) is 90.7 Å². The molecule has 0 aliphatic carbocycles. The molecule has 0 aliphatic rings. The number of benzene rings is 2. The summed E-state index contributed by atoms with van der Waals surface area (Å²) in [5.41, 5.74) is 7.56. The molecule has 2 amide bonds. The lowest BCUT2D eigenvalue weighted by molar-refractivity contribution is -0.274. The molecule has 6 nitrogen and oxygen atoms in total. The summed E-state index contributed by atoms with van der Waals surface area (Å²) in [6, 6.07) is 13.0. The summed E-state index contributed by atoms with van der Waals surface area (Å²) < 4.78 is 45.5. The SMILES string of the molecule is CCCC[C@H](OC(N)=O)C(=O)NCCc1ccc(-c2ccc(OC(F)(F)F)cc2)cc1. The maximum Gasteiger partial charge on any atom is 0.573 e. The number of hydrogen-bond donors (Lipinski definition) is 2. The number of amides is 2. The molecule has 0 heterocycles. The van der Waals surface area contributed by atoms with Crippen molar-refractivity contribution in [3.8, 4) is 16.9 Å². The van der Waals surface area contributed by atoms with E-state index >= 15 is 0 Å². The van der Waals surface area contributed by atoms with Crippen molar-refractivity contribution in [2.75, 3.05) is 6.54 Å². The van der Waals surface area contributed by atoms with Crippen LogP contribution in [0.15, 0.2) is 48.5 Å². The molecule has 168 valence electrons. The van der Waals surface area contributed by atoms with Crippen molar-refractivity contribution >= 4 is 12.0 Å². The zero-order chi connectivity index (χ0) is 22.9. The largest absolute Gasteiger partial charge is 0.573 e. The number of nitrogens with one attached hydrogen (secondary N) is 1. The molecule has 0 saturated carbocycles. The van der Waals surface area contributed by atoms with Gasteiger partial charge in [-0.1, -0.05) is 49.7 Å². The second-order valence-electron chi connectivity index (χ2n) is 6.88. The minimum Gasteiger partial charge on any atom is -0.436 e. The van der Waals surface area contributed by atoms with Gasteiger partial charge in [-0.15, -0.1) is 13.2 Å². The van der Waals surface area contributed by atoms with Gasteiger partial charge < -0.3 is 20.5 Å². The van der Waals surface area contributed by atoms with E-state index in [-0.39, 0.29) is 11.7 Å². The standard InChI is InChI=1S/C22H25F3N2O4/c1-2-3-4-19(30-21(26)29)20(28)27-14-13-15-5-7-16(8-6-15)17-9-11-18(12-10-17)31-22(23,24)25/h5-12,19H,2-4,13-14H2,1H3,(H2,26,29)(H,27,28)/t19-/m0/s1. The summed E-state index contributed by atoms with van der Waals surface area (Å²) in [6.07, 6.45) is -4.05. The molecule has 0 spiro atoms. The molecule has 0 saturated heterocycles. The fourth-order valence-electron chi connectivity index (χ4n) is 2.93. The van der Waals surface area contributed by atoms with Gasteiger partial charge in [0.05, 0.1) is 0 Å².